The Hall–Kier alpha value is -0.640. The summed E-state index contributed by atoms with van der Waals surface area (Å²) < 4.78 is 0. The van der Waals surface area contributed by atoms with Gasteiger partial charge in [-0.25, -0.2) is 0 Å². The van der Waals surface area contributed by atoms with Crippen LogP contribution >= 0.6 is 11.8 Å². The number of hydrogen-bond acceptors (Lipinski definition) is 3. The Morgan fingerprint density at radius 1 is 1.11 bits per heavy atom. The first-order valence-electron chi connectivity index (χ1n) is 7.23. The van der Waals surface area contributed by atoms with E-state index >= 15 is 0 Å². The zero-order chi connectivity index (χ0) is 12.5. The van der Waals surface area contributed by atoms with Gasteiger partial charge in [0.15, 0.2) is 0 Å². The van der Waals surface area contributed by atoms with E-state index in [-0.39, 0.29) is 5.91 Å². The molecule has 0 unspecified atom stereocenters. The van der Waals surface area contributed by atoms with Crippen LogP contribution in [0.1, 0.15) is 44.9 Å². The largest absolute Gasteiger partial charge is 0.393 e. The van der Waals surface area contributed by atoms with Gasteiger partial charge in [-0.3, -0.25) is 4.79 Å². The van der Waals surface area contributed by atoms with Gasteiger partial charge in [-0.2, -0.15) is 0 Å². The predicted molar refractivity (Wildman–Crippen MR) is 75.0 cm³/mol. The molecule has 3 nitrogen and oxygen atoms in total. The maximum Gasteiger partial charge on any atom is 0.252 e. The van der Waals surface area contributed by atoms with E-state index in [4.69, 9.17) is 5.73 Å². The van der Waals surface area contributed by atoms with Crippen molar-refractivity contribution in [3.63, 3.8) is 0 Å². The average molecular weight is 266 g/mol. The fourth-order valence-electron chi connectivity index (χ4n) is 3.51. The summed E-state index contributed by atoms with van der Waals surface area (Å²) in [5.41, 5.74) is 7.11. The number of fused-ring (bicyclic) bond motifs is 1. The lowest BCUT2D eigenvalue weighted by atomic mass is 9.83. The number of nitrogens with zero attached hydrogens (tertiary/aromatic N) is 1. The number of rotatable bonds is 1. The van der Waals surface area contributed by atoms with E-state index in [1.165, 1.54) is 25.7 Å². The second kappa shape index (κ2) is 5.16. The van der Waals surface area contributed by atoms with Crippen molar-refractivity contribution in [1.82, 2.24) is 4.90 Å². The Morgan fingerprint density at radius 3 is 2.61 bits per heavy atom. The molecule has 4 heteroatoms. The summed E-state index contributed by atoms with van der Waals surface area (Å²) >= 11 is 1.76. The van der Waals surface area contributed by atoms with Crippen molar-refractivity contribution in [3.05, 3.63) is 10.6 Å². The quantitative estimate of drug-likeness (QED) is 0.793. The Bertz CT molecular complexity index is 374. The van der Waals surface area contributed by atoms with Gasteiger partial charge in [0.05, 0.1) is 10.6 Å². The molecule has 0 spiro atoms. The number of likely N-dealkylation sites (tertiary alicyclic amines) is 1. The standard InChI is InChI=1S/C14H22N2OS/c15-13-12(10-6-2-3-7-11(10)18-13)14(17)16-8-4-1-5-9-16/h10-11H,1-9,15H2/t10-,11+/m0/s1. The van der Waals surface area contributed by atoms with E-state index in [0.717, 1.165) is 43.0 Å². The van der Waals surface area contributed by atoms with Crippen LogP contribution in [0.25, 0.3) is 0 Å². The molecule has 0 aromatic carbocycles. The highest BCUT2D eigenvalue weighted by atomic mass is 32.2. The summed E-state index contributed by atoms with van der Waals surface area (Å²) in [5, 5.41) is 1.41. The zero-order valence-electron chi connectivity index (χ0n) is 10.9. The van der Waals surface area contributed by atoms with Gasteiger partial charge >= 0.3 is 0 Å². The predicted octanol–water partition coefficient (Wildman–Crippen LogP) is 2.47. The third-order valence-corrected chi connectivity index (χ3v) is 5.83. The number of amides is 1. The highest BCUT2D eigenvalue weighted by molar-refractivity contribution is 8.03. The van der Waals surface area contributed by atoms with Crippen LogP contribution in [0, 0.1) is 5.92 Å². The smallest absolute Gasteiger partial charge is 0.252 e. The van der Waals surface area contributed by atoms with Crippen molar-refractivity contribution in [2.75, 3.05) is 13.1 Å². The summed E-state index contributed by atoms with van der Waals surface area (Å²) in [6, 6.07) is 0. The van der Waals surface area contributed by atoms with E-state index in [9.17, 15) is 4.79 Å². The van der Waals surface area contributed by atoms with Crippen molar-refractivity contribution in [1.29, 1.82) is 0 Å². The Kier molecular flexibility index (Phi) is 3.55. The SMILES string of the molecule is NC1=C(C(=O)N2CCCCC2)[C@H]2CCCC[C@H]2S1. The second-order valence-corrected chi connectivity index (χ2v) is 6.96. The van der Waals surface area contributed by atoms with Gasteiger partial charge in [0.1, 0.15) is 0 Å². The van der Waals surface area contributed by atoms with Crippen molar-refractivity contribution in [2.24, 2.45) is 11.7 Å². The highest BCUT2D eigenvalue weighted by Gasteiger charge is 2.40. The van der Waals surface area contributed by atoms with Gasteiger partial charge in [-0.05, 0) is 32.1 Å². The molecule has 2 fully saturated rings. The molecule has 2 heterocycles. The molecule has 2 N–H and O–H groups in total. The van der Waals surface area contributed by atoms with Crippen LogP contribution in [0.3, 0.4) is 0 Å². The molecule has 100 valence electrons. The maximum absolute atomic E-state index is 12.6. The molecule has 0 radical (unpaired) electrons. The number of piperidine rings is 1. The summed E-state index contributed by atoms with van der Waals surface area (Å²) in [4.78, 5) is 14.7. The van der Waals surface area contributed by atoms with Crippen LogP contribution in [-0.2, 0) is 4.79 Å². The fourth-order valence-corrected chi connectivity index (χ4v) is 4.92. The number of carbonyl (C=O) groups is 1. The first-order chi connectivity index (χ1) is 8.77. The summed E-state index contributed by atoms with van der Waals surface area (Å²) in [5.74, 6) is 0.687. The first kappa shape index (κ1) is 12.4. The normalized spacial score (nSPS) is 32.6. The molecule has 0 bridgehead atoms. The summed E-state index contributed by atoms with van der Waals surface area (Å²) in [6.45, 7) is 1.86. The number of thioether (sulfide) groups is 1. The van der Waals surface area contributed by atoms with E-state index < -0.39 is 0 Å². The molecule has 3 rings (SSSR count). The number of nitrogens with two attached hydrogens (primary N) is 1. The molecule has 0 aromatic rings. The average Bonchev–Trinajstić information content (AvgIpc) is 2.75. The molecule has 2 atom stereocenters. The van der Waals surface area contributed by atoms with Gasteiger partial charge in [0, 0.05) is 24.3 Å². The molecule has 1 saturated heterocycles. The van der Waals surface area contributed by atoms with Gasteiger partial charge < -0.3 is 10.6 Å². The van der Waals surface area contributed by atoms with Gasteiger partial charge in [-0.1, -0.05) is 12.8 Å². The van der Waals surface area contributed by atoms with E-state index in [2.05, 4.69) is 0 Å². The summed E-state index contributed by atoms with van der Waals surface area (Å²) in [7, 11) is 0. The lowest BCUT2D eigenvalue weighted by molar-refractivity contribution is -0.128. The molecule has 0 aromatic heterocycles. The number of carbonyl (C=O) groups excluding carboxylic acids is 1. The van der Waals surface area contributed by atoms with Crippen molar-refractivity contribution >= 4 is 17.7 Å². The molecular weight excluding hydrogens is 244 g/mol. The van der Waals surface area contributed by atoms with E-state index in [1.807, 2.05) is 4.90 Å². The topological polar surface area (TPSA) is 46.3 Å². The van der Waals surface area contributed by atoms with Crippen LogP contribution in [0.5, 0.6) is 0 Å². The molecule has 1 amide bonds. The van der Waals surface area contributed by atoms with Gasteiger partial charge in [0.25, 0.3) is 5.91 Å². The minimum absolute atomic E-state index is 0.245. The molecular formula is C14H22N2OS. The Balaban J connectivity index is 1.77. The van der Waals surface area contributed by atoms with Crippen LogP contribution in [0.15, 0.2) is 10.6 Å². The van der Waals surface area contributed by atoms with Crippen molar-refractivity contribution in [3.8, 4) is 0 Å². The molecule has 3 aliphatic rings. The van der Waals surface area contributed by atoms with Crippen LogP contribution in [0.4, 0.5) is 0 Å². The lowest BCUT2D eigenvalue weighted by Crippen LogP contribution is -2.39. The third kappa shape index (κ3) is 2.15. The summed E-state index contributed by atoms with van der Waals surface area (Å²) in [6.07, 6.45) is 8.51. The van der Waals surface area contributed by atoms with E-state index in [1.54, 1.807) is 11.8 Å². The lowest BCUT2D eigenvalue weighted by Gasteiger charge is -2.31. The minimum atomic E-state index is 0.245. The second-order valence-electron chi connectivity index (χ2n) is 5.68. The molecule has 18 heavy (non-hydrogen) atoms. The van der Waals surface area contributed by atoms with Crippen LogP contribution in [-0.4, -0.2) is 29.1 Å². The monoisotopic (exact) mass is 266 g/mol. The van der Waals surface area contributed by atoms with Crippen molar-refractivity contribution < 1.29 is 4.79 Å². The minimum Gasteiger partial charge on any atom is -0.393 e. The van der Waals surface area contributed by atoms with Gasteiger partial charge in [-0.15, -0.1) is 11.8 Å². The molecule has 1 saturated carbocycles. The highest BCUT2D eigenvalue weighted by Crippen LogP contribution is 2.47. The Morgan fingerprint density at radius 2 is 1.83 bits per heavy atom. The third-order valence-electron chi connectivity index (χ3n) is 4.49. The van der Waals surface area contributed by atoms with E-state index in [0.29, 0.717) is 11.2 Å². The maximum atomic E-state index is 12.6. The van der Waals surface area contributed by atoms with Crippen molar-refractivity contribution in [2.45, 2.75) is 50.2 Å². The molecule has 1 aliphatic carbocycles. The van der Waals surface area contributed by atoms with Crippen LogP contribution < -0.4 is 5.73 Å². The zero-order valence-corrected chi connectivity index (χ0v) is 11.7. The molecule has 2 aliphatic heterocycles. The number of hydrogen-bond donors (Lipinski definition) is 1. The fraction of sp³-hybridized carbons (Fsp3) is 0.786. The van der Waals surface area contributed by atoms with Crippen LogP contribution in [0.2, 0.25) is 0 Å². The van der Waals surface area contributed by atoms with Gasteiger partial charge in [0.2, 0.25) is 0 Å². The first-order valence-corrected chi connectivity index (χ1v) is 8.11. The Labute approximate surface area is 113 Å².